The van der Waals surface area contributed by atoms with E-state index in [0.29, 0.717) is 11.1 Å². The summed E-state index contributed by atoms with van der Waals surface area (Å²) >= 11 is 0. The quantitative estimate of drug-likeness (QED) is 0.569. The lowest BCUT2D eigenvalue weighted by molar-refractivity contribution is -0.148. The zero-order chi connectivity index (χ0) is 21.8. The van der Waals surface area contributed by atoms with Gasteiger partial charge in [-0.15, -0.1) is 0 Å². The van der Waals surface area contributed by atoms with E-state index in [1.54, 1.807) is 12.0 Å². The van der Waals surface area contributed by atoms with E-state index in [1.807, 2.05) is 84.9 Å². The SMILES string of the molecule is COC(=O)C1C(c2ccccc2)=C(c2ccccc2)C(=O)N1Cc1ccc(OC)cc1. The summed E-state index contributed by atoms with van der Waals surface area (Å²) < 4.78 is 10.4. The molecule has 0 N–H and O–H groups in total. The molecule has 5 nitrogen and oxygen atoms in total. The fraction of sp³-hybridized carbons (Fsp3) is 0.154. The number of nitrogens with zero attached hydrogens (tertiary/aromatic N) is 1. The molecule has 4 rings (SSSR count). The highest BCUT2D eigenvalue weighted by Gasteiger charge is 2.44. The molecule has 0 radical (unpaired) electrons. The first-order chi connectivity index (χ1) is 15.1. The van der Waals surface area contributed by atoms with Gasteiger partial charge < -0.3 is 14.4 Å². The van der Waals surface area contributed by atoms with Crippen LogP contribution in [-0.4, -0.2) is 37.0 Å². The van der Waals surface area contributed by atoms with Crippen LogP contribution in [0.4, 0.5) is 0 Å². The number of benzene rings is 3. The summed E-state index contributed by atoms with van der Waals surface area (Å²) in [7, 11) is 2.95. The minimum absolute atomic E-state index is 0.198. The molecule has 1 aliphatic rings. The van der Waals surface area contributed by atoms with Gasteiger partial charge in [0.15, 0.2) is 6.04 Å². The van der Waals surface area contributed by atoms with E-state index >= 15 is 0 Å². The van der Waals surface area contributed by atoms with Gasteiger partial charge in [-0.3, -0.25) is 4.79 Å². The predicted octanol–water partition coefficient (Wildman–Crippen LogP) is 4.19. The number of carbonyl (C=O) groups excluding carboxylic acids is 2. The molecule has 1 unspecified atom stereocenters. The Morgan fingerprint density at radius 1 is 0.839 bits per heavy atom. The summed E-state index contributed by atoms with van der Waals surface area (Å²) in [6.45, 7) is 0.273. The van der Waals surface area contributed by atoms with E-state index in [2.05, 4.69) is 0 Å². The van der Waals surface area contributed by atoms with Gasteiger partial charge in [-0.05, 0) is 28.8 Å². The van der Waals surface area contributed by atoms with Crippen molar-refractivity contribution in [3.8, 4) is 5.75 Å². The highest BCUT2D eigenvalue weighted by Crippen LogP contribution is 2.40. The number of carbonyl (C=O) groups is 2. The average Bonchev–Trinajstić information content (AvgIpc) is 3.12. The van der Waals surface area contributed by atoms with Crippen LogP contribution in [0.25, 0.3) is 11.1 Å². The lowest BCUT2D eigenvalue weighted by Gasteiger charge is -2.25. The normalized spacial score (nSPS) is 15.9. The molecule has 0 fully saturated rings. The van der Waals surface area contributed by atoms with E-state index in [-0.39, 0.29) is 12.5 Å². The van der Waals surface area contributed by atoms with Crippen LogP contribution in [0, 0.1) is 0 Å². The number of rotatable bonds is 6. The standard InChI is InChI=1S/C26H23NO4/c1-30-21-15-13-18(14-16-21)17-27-24(26(29)31-2)22(19-9-5-3-6-10-19)23(25(27)28)20-11-7-4-8-12-20/h3-16,24H,17H2,1-2H3. The summed E-state index contributed by atoms with van der Waals surface area (Å²) in [5.41, 5.74) is 3.68. The van der Waals surface area contributed by atoms with Crippen molar-refractivity contribution in [2.45, 2.75) is 12.6 Å². The van der Waals surface area contributed by atoms with Crippen LogP contribution in [0.1, 0.15) is 16.7 Å². The summed E-state index contributed by atoms with van der Waals surface area (Å²) in [5.74, 6) is 0.0667. The van der Waals surface area contributed by atoms with Crippen molar-refractivity contribution in [1.82, 2.24) is 4.90 Å². The molecule has 1 heterocycles. The van der Waals surface area contributed by atoms with Crippen molar-refractivity contribution >= 4 is 23.0 Å². The maximum absolute atomic E-state index is 13.7. The van der Waals surface area contributed by atoms with Gasteiger partial charge in [0.1, 0.15) is 5.75 Å². The summed E-state index contributed by atoms with van der Waals surface area (Å²) in [6.07, 6.45) is 0. The molecule has 5 heteroatoms. The molecule has 3 aromatic rings. The molecular weight excluding hydrogens is 390 g/mol. The largest absolute Gasteiger partial charge is 0.497 e. The Bertz CT molecular complexity index is 1110. The Kier molecular flexibility index (Phi) is 5.85. The van der Waals surface area contributed by atoms with E-state index in [9.17, 15) is 9.59 Å². The van der Waals surface area contributed by atoms with Crippen LogP contribution in [0.15, 0.2) is 84.9 Å². The fourth-order valence-corrected chi connectivity index (χ4v) is 3.92. The maximum atomic E-state index is 13.7. The molecule has 156 valence electrons. The summed E-state index contributed by atoms with van der Waals surface area (Å²) in [6, 6.07) is 25.6. The Morgan fingerprint density at radius 3 is 1.97 bits per heavy atom. The van der Waals surface area contributed by atoms with Crippen molar-refractivity contribution in [2.24, 2.45) is 0 Å². The number of ether oxygens (including phenoxy) is 2. The maximum Gasteiger partial charge on any atom is 0.333 e. The Hall–Kier alpha value is -3.86. The third-order valence-corrected chi connectivity index (χ3v) is 5.41. The van der Waals surface area contributed by atoms with Crippen molar-refractivity contribution in [3.63, 3.8) is 0 Å². The third kappa shape index (κ3) is 3.94. The van der Waals surface area contributed by atoms with Crippen molar-refractivity contribution in [2.75, 3.05) is 14.2 Å². The molecule has 31 heavy (non-hydrogen) atoms. The molecule has 0 aromatic heterocycles. The van der Waals surface area contributed by atoms with E-state index < -0.39 is 12.0 Å². The Balaban J connectivity index is 1.84. The van der Waals surface area contributed by atoms with Crippen LogP contribution in [-0.2, 0) is 20.9 Å². The Labute approximate surface area is 181 Å². The summed E-state index contributed by atoms with van der Waals surface area (Å²) in [5, 5.41) is 0. The lowest BCUT2D eigenvalue weighted by Crippen LogP contribution is -2.41. The minimum Gasteiger partial charge on any atom is -0.497 e. The topological polar surface area (TPSA) is 55.8 Å². The number of amides is 1. The first-order valence-corrected chi connectivity index (χ1v) is 10.0. The molecule has 1 aliphatic heterocycles. The van der Waals surface area contributed by atoms with Crippen LogP contribution in [0.5, 0.6) is 5.75 Å². The predicted molar refractivity (Wildman–Crippen MR) is 119 cm³/mol. The first-order valence-electron chi connectivity index (χ1n) is 10.0. The summed E-state index contributed by atoms with van der Waals surface area (Å²) in [4.78, 5) is 28.2. The molecule has 0 bridgehead atoms. The van der Waals surface area contributed by atoms with Gasteiger partial charge >= 0.3 is 5.97 Å². The molecule has 0 saturated heterocycles. The highest BCUT2D eigenvalue weighted by molar-refractivity contribution is 6.33. The van der Waals surface area contributed by atoms with Gasteiger partial charge in [0.05, 0.1) is 19.8 Å². The number of esters is 1. The third-order valence-electron chi connectivity index (χ3n) is 5.41. The van der Waals surface area contributed by atoms with Gasteiger partial charge in [-0.1, -0.05) is 72.8 Å². The van der Waals surface area contributed by atoms with E-state index in [4.69, 9.17) is 9.47 Å². The van der Waals surface area contributed by atoms with Gasteiger partial charge in [0.25, 0.3) is 5.91 Å². The van der Waals surface area contributed by atoms with Crippen molar-refractivity contribution < 1.29 is 19.1 Å². The average molecular weight is 413 g/mol. The van der Waals surface area contributed by atoms with Crippen LogP contribution in [0.2, 0.25) is 0 Å². The fourth-order valence-electron chi connectivity index (χ4n) is 3.92. The minimum atomic E-state index is -0.836. The number of hydrogen-bond donors (Lipinski definition) is 0. The first kappa shape index (κ1) is 20.4. The van der Waals surface area contributed by atoms with Crippen molar-refractivity contribution in [3.05, 3.63) is 102 Å². The smallest absolute Gasteiger partial charge is 0.333 e. The second-order valence-electron chi connectivity index (χ2n) is 7.23. The van der Waals surface area contributed by atoms with Gasteiger partial charge in [0.2, 0.25) is 0 Å². The molecule has 0 saturated carbocycles. The monoisotopic (exact) mass is 413 g/mol. The number of methoxy groups -OCH3 is 2. The lowest BCUT2D eigenvalue weighted by atomic mass is 9.93. The highest BCUT2D eigenvalue weighted by atomic mass is 16.5. The van der Waals surface area contributed by atoms with E-state index in [1.165, 1.54) is 7.11 Å². The zero-order valence-corrected chi connectivity index (χ0v) is 17.4. The molecule has 3 aromatic carbocycles. The van der Waals surface area contributed by atoms with E-state index in [0.717, 1.165) is 22.4 Å². The van der Waals surface area contributed by atoms with Crippen LogP contribution >= 0.6 is 0 Å². The Morgan fingerprint density at radius 2 is 1.42 bits per heavy atom. The van der Waals surface area contributed by atoms with Crippen molar-refractivity contribution in [1.29, 1.82) is 0 Å². The molecule has 0 spiro atoms. The number of hydrogen-bond acceptors (Lipinski definition) is 4. The van der Waals surface area contributed by atoms with Gasteiger partial charge in [-0.25, -0.2) is 4.79 Å². The van der Waals surface area contributed by atoms with Crippen LogP contribution in [0.3, 0.4) is 0 Å². The molecule has 0 aliphatic carbocycles. The molecule has 1 atom stereocenters. The van der Waals surface area contributed by atoms with Gasteiger partial charge in [-0.2, -0.15) is 0 Å². The van der Waals surface area contributed by atoms with Crippen LogP contribution < -0.4 is 4.74 Å². The zero-order valence-electron chi connectivity index (χ0n) is 17.4. The van der Waals surface area contributed by atoms with Gasteiger partial charge in [0, 0.05) is 12.1 Å². The molecule has 1 amide bonds. The second kappa shape index (κ2) is 8.88. The molecular formula is C26H23NO4. The second-order valence-corrected chi connectivity index (χ2v) is 7.23.